The van der Waals surface area contributed by atoms with E-state index in [1.807, 2.05) is 18.7 Å². The number of sulfonamides is 1. The molecule has 0 bridgehead atoms. The maximum absolute atomic E-state index is 12.3. The van der Waals surface area contributed by atoms with E-state index in [0.29, 0.717) is 32.0 Å². The predicted octanol–water partition coefficient (Wildman–Crippen LogP) is 2.24. The Morgan fingerprint density at radius 2 is 1.84 bits per heavy atom. The summed E-state index contributed by atoms with van der Waals surface area (Å²) in [7, 11) is -3.52. The first-order chi connectivity index (χ1) is 14.4. The van der Waals surface area contributed by atoms with E-state index in [1.165, 1.54) is 0 Å². The molecule has 31 heavy (non-hydrogen) atoms. The Morgan fingerprint density at radius 1 is 1.10 bits per heavy atom. The minimum Gasteiger partial charge on any atom is -0.357 e. The number of carbonyl (C=O) groups is 1. The number of guanidine groups is 1. The van der Waals surface area contributed by atoms with Crippen LogP contribution in [-0.2, 0) is 14.8 Å². The summed E-state index contributed by atoms with van der Waals surface area (Å²) in [4.78, 5) is 18.8. The lowest BCUT2D eigenvalue weighted by Gasteiger charge is -2.20. The molecular weight excluding hydrogens is 529 g/mol. The number of hydrogen-bond acceptors (Lipinski definition) is 4. The Labute approximate surface area is 203 Å². The van der Waals surface area contributed by atoms with Gasteiger partial charge in [0.15, 0.2) is 5.96 Å². The van der Waals surface area contributed by atoms with Gasteiger partial charge in [0.2, 0.25) is 15.9 Å². The second-order valence-corrected chi connectivity index (χ2v) is 9.21. The number of nitrogens with zero attached hydrogens (tertiary/aromatic N) is 2. The van der Waals surface area contributed by atoms with Gasteiger partial charge in [0.1, 0.15) is 0 Å². The molecule has 1 aliphatic heterocycles. The molecular formula is C21H36IN5O3S. The second-order valence-electron chi connectivity index (χ2n) is 7.44. The van der Waals surface area contributed by atoms with Crippen LogP contribution < -0.4 is 15.4 Å². The van der Waals surface area contributed by atoms with Crippen molar-refractivity contribution in [2.75, 3.05) is 39.3 Å². The Kier molecular flexibility index (Phi) is 13.0. The van der Waals surface area contributed by atoms with Gasteiger partial charge < -0.3 is 15.5 Å². The molecule has 1 amide bonds. The van der Waals surface area contributed by atoms with E-state index in [9.17, 15) is 13.2 Å². The van der Waals surface area contributed by atoms with Crippen LogP contribution in [0.4, 0.5) is 0 Å². The quantitative estimate of drug-likeness (QED) is 0.175. The van der Waals surface area contributed by atoms with Crippen LogP contribution >= 0.6 is 24.0 Å². The monoisotopic (exact) mass is 565 g/mol. The highest BCUT2D eigenvalue weighted by Crippen LogP contribution is 2.11. The Hall–Kier alpha value is -1.40. The molecule has 0 unspecified atom stereocenters. The molecule has 1 aromatic rings. The van der Waals surface area contributed by atoms with Gasteiger partial charge in [-0.1, -0.05) is 24.1 Å². The van der Waals surface area contributed by atoms with Gasteiger partial charge in [-0.25, -0.2) is 13.1 Å². The number of carbonyl (C=O) groups excluding carboxylic acids is 1. The molecule has 2 rings (SSSR count). The summed E-state index contributed by atoms with van der Waals surface area (Å²) in [6.07, 6.45) is 4.67. The Morgan fingerprint density at radius 3 is 2.55 bits per heavy atom. The Bertz CT molecular complexity index is 800. The zero-order valence-electron chi connectivity index (χ0n) is 18.5. The number of rotatable bonds is 10. The molecule has 0 aliphatic carbocycles. The SMILES string of the molecule is CCNC(=NCCCN1CCCCCC1=O)NCCNS(=O)(=O)c1ccc(C)cc1.I. The average molecular weight is 566 g/mol. The molecule has 0 radical (unpaired) electrons. The molecule has 0 saturated carbocycles. The normalized spacial score (nSPS) is 15.2. The van der Waals surface area contributed by atoms with Crippen LogP contribution in [0.5, 0.6) is 0 Å². The van der Waals surface area contributed by atoms with Crippen molar-refractivity contribution in [3.05, 3.63) is 29.8 Å². The standard InChI is InChI=1S/C21H35N5O3S.HI/c1-3-22-21(23-13-7-17-26-16-6-4-5-8-20(26)27)24-14-15-25-30(28,29)19-11-9-18(2)10-12-19;/h9-12,25H,3-8,13-17H2,1-2H3,(H2,22,23,24);1H. The number of amides is 1. The third kappa shape index (κ3) is 10.2. The van der Waals surface area contributed by atoms with E-state index in [0.717, 1.165) is 44.3 Å². The zero-order valence-corrected chi connectivity index (χ0v) is 21.7. The number of likely N-dealkylation sites (tertiary alicyclic amines) is 1. The summed E-state index contributed by atoms with van der Waals surface area (Å²) >= 11 is 0. The van der Waals surface area contributed by atoms with Gasteiger partial charge in [-0.3, -0.25) is 9.79 Å². The van der Waals surface area contributed by atoms with Crippen molar-refractivity contribution in [2.45, 2.75) is 50.8 Å². The highest BCUT2D eigenvalue weighted by molar-refractivity contribution is 14.0. The molecule has 0 atom stereocenters. The number of benzene rings is 1. The molecule has 8 nitrogen and oxygen atoms in total. The van der Waals surface area contributed by atoms with Crippen LogP contribution in [0.1, 0.15) is 44.6 Å². The topological polar surface area (TPSA) is 103 Å². The Balaban J connectivity index is 0.00000480. The molecule has 176 valence electrons. The molecule has 1 aliphatic rings. The summed E-state index contributed by atoms with van der Waals surface area (Å²) in [6.45, 7) is 7.47. The van der Waals surface area contributed by atoms with Crippen molar-refractivity contribution < 1.29 is 13.2 Å². The first-order valence-corrected chi connectivity index (χ1v) is 12.3. The third-order valence-corrected chi connectivity index (χ3v) is 6.39. The first-order valence-electron chi connectivity index (χ1n) is 10.8. The first kappa shape index (κ1) is 27.6. The maximum Gasteiger partial charge on any atom is 0.240 e. The fraction of sp³-hybridized carbons (Fsp3) is 0.619. The number of nitrogens with one attached hydrogen (secondary N) is 3. The van der Waals surface area contributed by atoms with Crippen LogP contribution in [0.2, 0.25) is 0 Å². The van der Waals surface area contributed by atoms with Crippen molar-refractivity contribution in [2.24, 2.45) is 4.99 Å². The fourth-order valence-electron chi connectivity index (χ4n) is 3.24. The van der Waals surface area contributed by atoms with E-state index in [1.54, 1.807) is 24.3 Å². The summed E-state index contributed by atoms with van der Waals surface area (Å²) in [5.74, 6) is 0.900. The van der Waals surface area contributed by atoms with Gasteiger partial charge in [-0.15, -0.1) is 24.0 Å². The largest absolute Gasteiger partial charge is 0.357 e. The smallest absolute Gasteiger partial charge is 0.240 e. The van der Waals surface area contributed by atoms with Gasteiger partial charge in [0.25, 0.3) is 0 Å². The van der Waals surface area contributed by atoms with Crippen molar-refractivity contribution in [1.29, 1.82) is 0 Å². The van der Waals surface area contributed by atoms with E-state index < -0.39 is 10.0 Å². The summed E-state index contributed by atoms with van der Waals surface area (Å²) in [5.41, 5.74) is 1.02. The number of aliphatic imine (C=N–C) groups is 1. The van der Waals surface area contributed by atoms with Crippen LogP contribution in [0.25, 0.3) is 0 Å². The average Bonchev–Trinajstić information content (AvgIpc) is 2.92. The van der Waals surface area contributed by atoms with Gasteiger partial charge in [0, 0.05) is 45.7 Å². The second kappa shape index (κ2) is 14.6. The van der Waals surface area contributed by atoms with E-state index >= 15 is 0 Å². The summed E-state index contributed by atoms with van der Waals surface area (Å²) < 4.78 is 27.2. The highest BCUT2D eigenvalue weighted by Gasteiger charge is 2.15. The molecule has 0 aromatic heterocycles. The van der Waals surface area contributed by atoms with Crippen LogP contribution in [-0.4, -0.2) is 64.5 Å². The minimum absolute atomic E-state index is 0. The van der Waals surface area contributed by atoms with Crippen molar-refractivity contribution in [3.63, 3.8) is 0 Å². The van der Waals surface area contributed by atoms with Gasteiger partial charge in [-0.2, -0.15) is 0 Å². The molecule has 10 heteroatoms. The number of aryl methyl sites for hydroxylation is 1. The highest BCUT2D eigenvalue weighted by atomic mass is 127. The number of halogens is 1. The fourth-order valence-corrected chi connectivity index (χ4v) is 4.27. The predicted molar refractivity (Wildman–Crippen MR) is 135 cm³/mol. The molecule has 1 aromatic carbocycles. The lowest BCUT2D eigenvalue weighted by Crippen LogP contribution is -2.41. The lowest BCUT2D eigenvalue weighted by atomic mass is 10.2. The van der Waals surface area contributed by atoms with Gasteiger partial charge in [-0.05, 0) is 45.2 Å². The third-order valence-electron chi connectivity index (χ3n) is 4.91. The van der Waals surface area contributed by atoms with E-state index in [4.69, 9.17) is 0 Å². The van der Waals surface area contributed by atoms with Crippen LogP contribution in [0, 0.1) is 6.92 Å². The van der Waals surface area contributed by atoms with E-state index in [-0.39, 0.29) is 41.3 Å². The molecule has 0 spiro atoms. The maximum atomic E-state index is 12.3. The van der Waals surface area contributed by atoms with Gasteiger partial charge in [0.05, 0.1) is 4.90 Å². The van der Waals surface area contributed by atoms with Gasteiger partial charge >= 0.3 is 0 Å². The van der Waals surface area contributed by atoms with Crippen molar-refractivity contribution in [1.82, 2.24) is 20.3 Å². The molecule has 1 heterocycles. The van der Waals surface area contributed by atoms with Crippen LogP contribution in [0.15, 0.2) is 34.2 Å². The molecule has 3 N–H and O–H groups in total. The lowest BCUT2D eigenvalue weighted by molar-refractivity contribution is -0.130. The van der Waals surface area contributed by atoms with Crippen molar-refractivity contribution in [3.8, 4) is 0 Å². The minimum atomic E-state index is -3.52. The summed E-state index contributed by atoms with van der Waals surface area (Å²) in [6, 6.07) is 6.77. The number of hydrogen-bond donors (Lipinski definition) is 3. The van der Waals surface area contributed by atoms with Crippen LogP contribution in [0.3, 0.4) is 0 Å². The zero-order chi connectivity index (χ0) is 21.8. The molecule has 1 fully saturated rings. The summed E-state index contributed by atoms with van der Waals surface area (Å²) in [5, 5.41) is 6.30. The van der Waals surface area contributed by atoms with Crippen molar-refractivity contribution >= 4 is 45.9 Å². The van der Waals surface area contributed by atoms with E-state index in [2.05, 4.69) is 20.3 Å². The molecule has 1 saturated heterocycles.